The van der Waals surface area contributed by atoms with Gasteiger partial charge < -0.3 is 15.4 Å². The number of aryl methyl sites for hydroxylation is 2. The molecule has 1 amide bonds. The Bertz CT molecular complexity index is 762. The van der Waals surface area contributed by atoms with E-state index in [0.717, 1.165) is 28.8 Å². The van der Waals surface area contributed by atoms with Crippen LogP contribution in [0.25, 0.3) is 0 Å². The smallest absolute Gasteiger partial charge is 0.411 e. The highest BCUT2D eigenvalue weighted by atomic mass is 127. The number of halogens is 1. The number of methoxy groups -OCH3 is 1. The number of amides is 1. The quantitative estimate of drug-likeness (QED) is 0.317. The molecule has 0 aliphatic carbocycles. The van der Waals surface area contributed by atoms with E-state index in [2.05, 4.69) is 30.7 Å². The normalized spacial score (nSPS) is 10.7. The highest BCUT2D eigenvalue weighted by Crippen LogP contribution is 2.16. The van der Waals surface area contributed by atoms with Gasteiger partial charge in [-0.25, -0.2) is 14.8 Å². The summed E-state index contributed by atoms with van der Waals surface area (Å²) in [5.74, 6) is 0.759. The molecule has 0 spiro atoms. The van der Waals surface area contributed by atoms with Gasteiger partial charge in [-0.1, -0.05) is 12.1 Å². The summed E-state index contributed by atoms with van der Waals surface area (Å²) in [6.07, 6.45) is -0.483. The van der Waals surface area contributed by atoms with Crippen molar-refractivity contribution in [2.24, 2.45) is 4.99 Å². The topological polar surface area (TPSA) is 87.6 Å². The van der Waals surface area contributed by atoms with Gasteiger partial charge in [0.2, 0.25) is 0 Å². The minimum absolute atomic E-state index is 0. The van der Waals surface area contributed by atoms with Gasteiger partial charge in [-0.05, 0) is 38.5 Å². The van der Waals surface area contributed by atoms with Crippen LogP contribution in [0.1, 0.15) is 28.1 Å². The number of benzene rings is 1. The number of aromatic nitrogens is 1. The number of nitrogens with one attached hydrogen (secondary N) is 3. The van der Waals surface area contributed by atoms with Crippen molar-refractivity contribution in [3.05, 3.63) is 45.4 Å². The fourth-order valence-corrected chi connectivity index (χ4v) is 3.15. The van der Waals surface area contributed by atoms with E-state index in [4.69, 9.17) is 0 Å². The molecule has 0 atom stereocenters. The molecule has 7 nitrogen and oxygen atoms in total. The second-order valence-corrected chi connectivity index (χ2v) is 6.89. The minimum atomic E-state index is -0.483. The lowest BCUT2D eigenvalue weighted by molar-refractivity contribution is 0.187. The molecule has 148 valence electrons. The Kier molecular flexibility index (Phi) is 10.1. The summed E-state index contributed by atoms with van der Waals surface area (Å²) in [4.78, 5) is 21.5. The summed E-state index contributed by atoms with van der Waals surface area (Å²) in [6, 6.07) is 7.50. The highest BCUT2D eigenvalue weighted by molar-refractivity contribution is 14.0. The average molecular weight is 503 g/mol. The Hall–Kier alpha value is -1.88. The summed E-state index contributed by atoms with van der Waals surface area (Å²) in [6.45, 7) is 8.09. The van der Waals surface area contributed by atoms with Crippen LogP contribution in [-0.4, -0.2) is 30.7 Å². The van der Waals surface area contributed by atoms with Crippen molar-refractivity contribution in [2.75, 3.05) is 19.0 Å². The van der Waals surface area contributed by atoms with Gasteiger partial charge >= 0.3 is 6.09 Å². The minimum Gasteiger partial charge on any atom is -0.453 e. The molecule has 2 aromatic rings. The molecule has 0 saturated heterocycles. The number of hydrogen-bond acceptors (Lipinski definition) is 5. The lowest BCUT2D eigenvalue weighted by Gasteiger charge is -2.11. The molecular weight excluding hydrogens is 477 g/mol. The summed E-state index contributed by atoms with van der Waals surface area (Å²) < 4.78 is 4.57. The van der Waals surface area contributed by atoms with Gasteiger partial charge in [-0.2, -0.15) is 0 Å². The molecule has 1 heterocycles. The van der Waals surface area contributed by atoms with E-state index in [1.54, 1.807) is 11.3 Å². The van der Waals surface area contributed by atoms with Crippen LogP contribution in [-0.2, 0) is 17.8 Å². The van der Waals surface area contributed by atoms with E-state index in [-0.39, 0.29) is 24.0 Å². The highest BCUT2D eigenvalue weighted by Gasteiger charge is 2.06. The number of guanidine groups is 1. The van der Waals surface area contributed by atoms with E-state index >= 15 is 0 Å². The predicted octanol–water partition coefficient (Wildman–Crippen LogP) is 3.81. The van der Waals surface area contributed by atoms with Gasteiger partial charge in [-0.15, -0.1) is 35.3 Å². The lowest BCUT2D eigenvalue weighted by atomic mass is 10.2. The zero-order valence-electron chi connectivity index (χ0n) is 16.0. The standard InChI is InChI=1S/C18H25N5O2S.HI/c1-5-19-17(21-11-16-12(2)22-13(3)26-16)20-10-14-6-8-15(9-7-14)23-18(24)25-4;/h6-9H,5,10-11H2,1-4H3,(H,23,24)(H2,19,20,21);1H. The van der Waals surface area contributed by atoms with Crippen molar-refractivity contribution in [1.82, 2.24) is 15.6 Å². The molecule has 27 heavy (non-hydrogen) atoms. The van der Waals surface area contributed by atoms with Crippen LogP contribution < -0.4 is 16.0 Å². The molecule has 0 fully saturated rings. The third kappa shape index (κ3) is 7.71. The van der Waals surface area contributed by atoms with Crippen LogP contribution >= 0.6 is 35.3 Å². The van der Waals surface area contributed by atoms with Crippen molar-refractivity contribution >= 4 is 53.1 Å². The first-order chi connectivity index (χ1) is 12.5. The first-order valence-electron chi connectivity index (χ1n) is 8.40. The van der Waals surface area contributed by atoms with Gasteiger partial charge in [0.25, 0.3) is 0 Å². The van der Waals surface area contributed by atoms with E-state index in [9.17, 15) is 4.79 Å². The molecule has 3 N–H and O–H groups in total. The Balaban J connectivity index is 0.00000364. The molecule has 1 aromatic heterocycles. The van der Waals surface area contributed by atoms with E-state index in [0.29, 0.717) is 18.8 Å². The Morgan fingerprint density at radius 1 is 1.22 bits per heavy atom. The van der Waals surface area contributed by atoms with Gasteiger partial charge in [0, 0.05) is 17.1 Å². The predicted molar refractivity (Wildman–Crippen MR) is 121 cm³/mol. The second-order valence-electron chi connectivity index (χ2n) is 5.60. The summed E-state index contributed by atoms with van der Waals surface area (Å²) in [5.41, 5.74) is 2.79. The molecule has 0 bridgehead atoms. The van der Waals surface area contributed by atoms with Crippen molar-refractivity contribution in [3.63, 3.8) is 0 Å². The molecule has 0 radical (unpaired) electrons. The zero-order valence-corrected chi connectivity index (χ0v) is 19.1. The van der Waals surface area contributed by atoms with Crippen LogP contribution in [0.15, 0.2) is 29.3 Å². The summed E-state index contributed by atoms with van der Waals surface area (Å²) in [7, 11) is 1.34. The van der Waals surface area contributed by atoms with Crippen molar-refractivity contribution < 1.29 is 9.53 Å². The molecule has 0 saturated carbocycles. The van der Waals surface area contributed by atoms with E-state index in [1.165, 1.54) is 12.0 Å². The molecule has 2 rings (SSSR count). The monoisotopic (exact) mass is 503 g/mol. The summed E-state index contributed by atoms with van der Waals surface area (Å²) >= 11 is 1.70. The first kappa shape index (κ1) is 23.2. The molecule has 0 unspecified atom stereocenters. The lowest BCUT2D eigenvalue weighted by Crippen LogP contribution is -2.36. The number of ether oxygens (including phenoxy) is 1. The first-order valence-corrected chi connectivity index (χ1v) is 9.22. The van der Waals surface area contributed by atoms with Crippen molar-refractivity contribution in [3.8, 4) is 0 Å². The largest absolute Gasteiger partial charge is 0.453 e. The van der Waals surface area contributed by atoms with E-state index in [1.807, 2.05) is 45.0 Å². The molecular formula is C18H26IN5O2S. The SMILES string of the molecule is CCNC(=NCc1ccc(NC(=O)OC)cc1)NCc1sc(C)nc1C.I. The fraction of sp³-hybridized carbons (Fsp3) is 0.389. The number of aliphatic imine (C=N–C) groups is 1. The third-order valence-electron chi connectivity index (χ3n) is 3.57. The van der Waals surface area contributed by atoms with Crippen LogP contribution in [0.5, 0.6) is 0 Å². The maximum atomic E-state index is 11.2. The summed E-state index contributed by atoms with van der Waals surface area (Å²) in [5, 5.41) is 10.3. The fourth-order valence-electron chi connectivity index (χ4n) is 2.28. The number of rotatable bonds is 6. The van der Waals surface area contributed by atoms with Gasteiger partial charge in [-0.3, -0.25) is 5.32 Å². The maximum Gasteiger partial charge on any atom is 0.411 e. The number of hydrogen-bond donors (Lipinski definition) is 3. The Morgan fingerprint density at radius 2 is 1.93 bits per heavy atom. The van der Waals surface area contributed by atoms with E-state index < -0.39 is 6.09 Å². The maximum absolute atomic E-state index is 11.2. The van der Waals surface area contributed by atoms with Gasteiger partial charge in [0.05, 0.1) is 30.9 Å². The van der Waals surface area contributed by atoms with Crippen LogP contribution in [0.4, 0.5) is 10.5 Å². The van der Waals surface area contributed by atoms with Gasteiger partial charge in [0.1, 0.15) is 0 Å². The number of carbonyl (C=O) groups excluding carboxylic acids is 1. The molecule has 0 aliphatic rings. The zero-order chi connectivity index (χ0) is 18.9. The second kappa shape index (κ2) is 11.8. The van der Waals surface area contributed by atoms with Crippen LogP contribution in [0, 0.1) is 13.8 Å². The number of anilines is 1. The van der Waals surface area contributed by atoms with Crippen molar-refractivity contribution in [2.45, 2.75) is 33.9 Å². The van der Waals surface area contributed by atoms with Crippen molar-refractivity contribution in [1.29, 1.82) is 0 Å². The van der Waals surface area contributed by atoms with Gasteiger partial charge in [0.15, 0.2) is 5.96 Å². The number of thiazole rings is 1. The Labute approximate surface area is 181 Å². The molecule has 0 aliphatic heterocycles. The number of nitrogens with zero attached hydrogens (tertiary/aromatic N) is 2. The third-order valence-corrected chi connectivity index (χ3v) is 4.64. The number of carbonyl (C=O) groups is 1. The molecule has 1 aromatic carbocycles. The average Bonchev–Trinajstić information content (AvgIpc) is 2.95. The molecule has 9 heteroatoms. The Morgan fingerprint density at radius 3 is 2.48 bits per heavy atom. The van der Waals surface area contributed by atoms with Crippen LogP contribution in [0.3, 0.4) is 0 Å². The van der Waals surface area contributed by atoms with Crippen LogP contribution in [0.2, 0.25) is 0 Å².